The number of thioether (sulfide) groups is 1. The largest absolute Gasteiger partial charge is 0.247 e. The Kier molecular flexibility index (Phi) is 4.72. The number of halogens is 3. The molecule has 1 heterocycles. The molecule has 0 aliphatic rings. The quantitative estimate of drug-likeness (QED) is 0.619. The van der Waals surface area contributed by atoms with Crippen molar-refractivity contribution in [3.05, 3.63) is 21.8 Å². The zero-order valence-corrected chi connectivity index (χ0v) is 9.97. The van der Waals surface area contributed by atoms with E-state index in [1.54, 1.807) is 18.0 Å². The molecule has 0 aromatic carbocycles. The van der Waals surface area contributed by atoms with E-state index in [-0.39, 0.29) is 0 Å². The monoisotopic (exact) mass is 285 g/mol. The second kappa shape index (κ2) is 5.32. The molecule has 1 aromatic rings. The molecule has 0 spiro atoms. The smallest absolute Gasteiger partial charge is 0.115 e. The number of alkyl halides is 1. The van der Waals surface area contributed by atoms with Gasteiger partial charge in [0.25, 0.3) is 0 Å². The Balaban J connectivity index is 2.72. The predicted molar refractivity (Wildman–Crippen MR) is 58.4 cm³/mol. The molecule has 12 heavy (non-hydrogen) atoms. The Morgan fingerprint density at radius 2 is 2.33 bits per heavy atom. The fraction of sp³-hybridized carbons (Fsp3) is 0.286. The van der Waals surface area contributed by atoms with Crippen LogP contribution in [0.2, 0.25) is 5.02 Å². The van der Waals surface area contributed by atoms with Gasteiger partial charge in [-0.1, -0.05) is 11.6 Å². The number of hydrogen-bond donors (Lipinski definition) is 0. The van der Waals surface area contributed by atoms with Gasteiger partial charge >= 0.3 is 0 Å². The third kappa shape index (κ3) is 3.13. The molecule has 0 saturated heterocycles. The van der Waals surface area contributed by atoms with Crippen molar-refractivity contribution < 1.29 is 0 Å². The second-order valence-electron chi connectivity index (χ2n) is 1.98. The molecule has 0 radical (unpaired) electrons. The van der Waals surface area contributed by atoms with Gasteiger partial charge in [-0.3, -0.25) is 0 Å². The standard InChI is InChI=1S/C7H6BrCl2NS/c8-5-3-6(10)7(11-4-5)12-2-1-9/h3-4H,1-2H2. The zero-order chi connectivity index (χ0) is 8.97. The lowest BCUT2D eigenvalue weighted by molar-refractivity contribution is 1.12. The highest BCUT2D eigenvalue weighted by Crippen LogP contribution is 2.26. The molecule has 0 N–H and O–H groups in total. The van der Waals surface area contributed by atoms with Crippen LogP contribution in [0.15, 0.2) is 21.8 Å². The van der Waals surface area contributed by atoms with Crippen LogP contribution in [0, 0.1) is 0 Å². The third-order valence-electron chi connectivity index (χ3n) is 1.09. The maximum atomic E-state index is 5.91. The molecule has 1 rings (SSSR count). The van der Waals surface area contributed by atoms with E-state index in [9.17, 15) is 0 Å². The molecule has 0 fully saturated rings. The van der Waals surface area contributed by atoms with E-state index >= 15 is 0 Å². The maximum absolute atomic E-state index is 5.91. The molecule has 0 bridgehead atoms. The van der Waals surface area contributed by atoms with E-state index in [1.165, 1.54) is 0 Å². The van der Waals surface area contributed by atoms with Crippen LogP contribution in [0.1, 0.15) is 0 Å². The molecule has 0 amide bonds. The van der Waals surface area contributed by atoms with Gasteiger partial charge in [-0.25, -0.2) is 4.98 Å². The van der Waals surface area contributed by atoms with Crippen molar-refractivity contribution in [2.75, 3.05) is 11.6 Å². The molecule has 0 aliphatic heterocycles. The van der Waals surface area contributed by atoms with Crippen LogP contribution in [0.25, 0.3) is 0 Å². The molecular weight excluding hydrogens is 281 g/mol. The molecular formula is C7H6BrCl2NS. The lowest BCUT2D eigenvalue weighted by Gasteiger charge is -2.00. The van der Waals surface area contributed by atoms with Crippen LogP contribution in [-0.2, 0) is 0 Å². The van der Waals surface area contributed by atoms with Crippen molar-refractivity contribution in [3.63, 3.8) is 0 Å². The first kappa shape index (κ1) is 10.6. The van der Waals surface area contributed by atoms with Gasteiger partial charge < -0.3 is 0 Å². The first-order valence-corrected chi connectivity index (χ1v) is 5.93. The summed E-state index contributed by atoms with van der Waals surface area (Å²) in [5.74, 6) is 1.44. The second-order valence-corrected chi connectivity index (χ2v) is 4.76. The first-order valence-electron chi connectivity index (χ1n) is 3.24. The Morgan fingerprint density at radius 3 is 2.92 bits per heavy atom. The van der Waals surface area contributed by atoms with Gasteiger partial charge in [0.15, 0.2) is 0 Å². The Bertz CT molecular complexity index is 270. The number of aromatic nitrogens is 1. The van der Waals surface area contributed by atoms with Crippen molar-refractivity contribution in [1.29, 1.82) is 0 Å². The minimum Gasteiger partial charge on any atom is -0.247 e. The minimum atomic E-state index is 0.610. The molecule has 66 valence electrons. The van der Waals surface area contributed by atoms with Crippen LogP contribution in [0.5, 0.6) is 0 Å². The van der Waals surface area contributed by atoms with Crippen molar-refractivity contribution in [1.82, 2.24) is 4.98 Å². The van der Waals surface area contributed by atoms with Gasteiger partial charge in [-0.15, -0.1) is 23.4 Å². The highest BCUT2D eigenvalue weighted by Gasteiger charge is 2.02. The van der Waals surface area contributed by atoms with Gasteiger partial charge in [0.1, 0.15) is 5.03 Å². The molecule has 0 atom stereocenters. The number of rotatable bonds is 3. The molecule has 0 unspecified atom stereocenters. The Morgan fingerprint density at radius 1 is 1.58 bits per heavy atom. The first-order chi connectivity index (χ1) is 5.74. The summed E-state index contributed by atoms with van der Waals surface area (Å²) in [6, 6.07) is 1.82. The minimum absolute atomic E-state index is 0.610. The average molecular weight is 287 g/mol. The van der Waals surface area contributed by atoms with Crippen molar-refractivity contribution in [2.45, 2.75) is 5.03 Å². The Hall–Kier alpha value is 0.560. The summed E-state index contributed by atoms with van der Waals surface area (Å²) in [5, 5.41) is 1.50. The van der Waals surface area contributed by atoms with Crippen LogP contribution >= 0.6 is 50.9 Å². The van der Waals surface area contributed by atoms with Gasteiger partial charge in [0, 0.05) is 22.3 Å². The van der Waals surface area contributed by atoms with Gasteiger partial charge in [-0.05, 0) is 22.0 Å². The molecule has 0 saturated carbocycles. The average Bonchev–Trinajstić information content (AvgIpc) is 2.03. The summed E-state index contributed by atoms with van der Waals surface area (Å²) in [6.07, 6.45) is 1.72. The summed E-state index contributed by atoms with van der Waals surface area (Å²) >= 11 is 16.3. The van der Waals surface area contributed by atoms with E-state index < -0.39 is 0 Å². The fourth-order valence-corrected chi connectivity index (χ4v) is 2.26. The van der Waals surface area contributed by atoms with Crippen LogP contribution < -0.4 is 0 Å². The summed E-state index contributed by atoms with van der Waals surface area (Å²) in [6.45, 7) is 0. The van der Waals surface area contributed by atoms with E-state index in [4.69, 9.17) is 23.2 Å². The van der Waals surface area contributed by atoms with E-state index in [2.05, 4.69) is 20.9 Å². The third-order valence-corrected chi connectivity index (χ3v) is 3.34. The highest BCUT2D eigenvalue weighted by atomic mass is 79.9. The highest BCUT2D eigenvalue weighted by molar-refractivity contribution is 9.10. The van der Waals surface area contributed by atoms with Crippen LogP contribution in [-0.4, -0.2) is 16.6 Å². The number of nitrogens with zero attached hydrogens (tertiary/aromatic N) is 1. The van der Waals surface area contributed by atoms with Gasteiger partial charge in [0.05, 0.1) is 5.02 Å². The van der Waals surface area contributed by atoms with Crippen LogP contribution in [0.4, 0.5) is 0 Å². The van der Waals surface area contributed by atoms with Crippen molar-refractivity contribution >= 4 is 50.9 Å². The van der Waals surface area contributed by atoms with E-state index in [1.807, 2.05) is 6.07 Å². The molecule has 5 heteroatoms. The zero-order valence-electron chi connectivity index (χ0n) is 6.06. The lowest BCUT2D eigenvalue weighted by atomic mass is 10.5. The molecule has 0 aliphatic carbocycles. The SMILES string of the molecule is ClCCSc1ncc(Br)cc1Cl. The maximum Gasteiger partial charge on any atom is 0.115 e. The normalized spacial score (nSPS) is 10.2. The fourth-order valence-electron chi connectivity index (χ4n) is 0.643. The lowest BCUT2D eigenvalue weighted by Crippen LogP contribution is -1.84. The Labute approximate surface area is 94.0 Å². The summed E-state index contributed by atoms with van der Waals surface area (Å²) in [4.78, 5) is 4.14. The van der Waals surface area contributed by atoms with Gasteiger partial charge in [0.2, 0.25) is 0 Å². The summed E-state index contributed by atoms with van der Waals surface area (Å²) in [7, 11) is 0. The van der Waals surface area contributed by atoms with E-state index in [0.717, 1.165) is 15.3 Å². The summed E-state index contributed by atoms with van der Waals surface area (Å²) < 4.78 is 0.891. The molecule has 1 aromatic heterocycles. The van der Waals surface area contributed by atoms with Crippen LogP contribution in [0.3, 0.4) is 0 Å². The predicted octanol–water partition coefficient (Wildman–Crippen LogP) is 3.83. The molecule has 1 nitrogen and oxygen atoms in total. The number of hydrogen-bond acceptors (Lipinski definition) is 2. The summed E-state index contributed by atoms with van der Waals surface area (Å²) in [5.41, 5.74) is 0. The topological polar surface area (TPSA) is 12.9 Å². The number of pyridine rings is 1. The van der Waals surface area contributed by atoms with E-state index in [0.29, 0.717) is 10.9 Å². The van der Waals surface area contributed by atoms with Crippen molar-refractivity contribution in [3.8, 4) is 0 Å². The van der Waals surface area contributed by atoms with Crippen molar-refractivity contribution in [2.24, 2.45) is 0 Å². The van der Waals surface area contributed by atoms with Gasteiger partial charge in [-0.2, -0.15) is 0 Å².